The molecule has 0 bridgehead atoms. The molecule has 0 unspecified atom stereocenters. The van der Waals surface area contributed by atoms with Gasteiger partial charge in [0.1, 0.15) is 18.1 Å². The minimum atomic E-state index is -0.555. The predicted octanol–water partition coefficient (Wildman–Crippen LogP) is 6.49. The normalized spacial score (nSPS) is 14.9. The highest BCUT2D eigenvalue weighted by atomic mass is 35.5. The van der Waals surface area contributed by atoms with Gasteiger partial charge in [-0.15, -0.1) is 0 Å². The van der Waals surface area contributed by atoms with E-state index in [9.17, 15) is 14.4 Å². The molecule has 1 saturated heterocycles. The molecular formula is C24H18Cl2N2O4S. The molecule has 1 fully saturated rings. The van der Waals surface area contributed by atoms with E-state index in [0.717, 1.165) is 28.6 Å². The third-order valence-corrected chi connectivity index (χ3v) is 6.39. The first-order chi connectivity index (χ1) is 15.8. The molecule has 6 nitrogen and oxygen atoms in total. The number of hydrogen-bond acceptors (Lipinski definition) is 5. The zero-order chi connectivity index (χ0) is 23.5. The summed E-state index contributed by atoms with van der Waals surface area (Å²) in [6.45, 7) is 1.66. The van der Waals surface area contributed by atoms with Crippen LogP contribution in [0.25, 0.3) is 17.4 Å². The van der Waals surface area contributed by atoms with Crippen molar-refractivity contribution in [3.05, 3.63) is 80.9 Å². The van der Waals surface area contributed by atoms with Gasteiger partial charge in [0.05, 0.1) is 9.93 Å². The molecule has 0 radical (unpaired) electrons. The molecule has 2 aromatic carbocycles. The number of carbonyl (C=O) groups excluding carboxylic acids is 3. The molecule has 1 aliphatic rings. The number of benzene rings is 2. The van der Waals surface area contributed by atoms with Crippen LogP contribution in [0.5, 0.6) is 0 Å². The van der Waals surface area contributed by atoms with Crippen LogP contribution in [0.15, 0.2) is 63.9 Å². The van der Waals surface area contributed by atoms with Gasteiger partial charge in [0, 0.05) is 22.3 Å². The van der Waals surface area contributed by atoms with Gasteiger partial charge in [-0.05, 0) is 66.2 Å². The van der Waals surface area contributed by atoms with Gasteiger partial charge in [0.15, 0.2) is 0 Å². The summed E-state index contributed by atoms with van der Waals surface area (Å²) in [6.07, 6.45) is 2.36. The average Bonchev–Trinajstić information content (AvgIpc) is 3.36. The van der Waals surface area contributed by atoms with E-state index < -0.39 is 17.1 Å². The monoisotopic (exact) mass is 500 g/mol. The Hall–Kier alpha value is -3.00. The van der Waals surface area contributed by atoms with Crippen molar-refractivity contribution in [3.63, 3.8) is 0 Å². The van der Waals surface area contributed by atoms with Gasteiger partial charge in [-0.2, -0.15) is 0 Å². The molecule has 1 N–H and O–H groups in total. The van der Waals surface area contributed by atoms with Crippen LogP contribution in [0, 0.1) is 0 Å². The van der Waals surface area contributed by atoms with Crippen molar-refractivity contribution >= 4 is 63.8 Å². The summed E-state index contributed by atoms with van der Waals surface area (Å²) in [5.41, 5.74) is 2.35. The van der Waals surface area contributed by atoms with Crippen LogP contribution < -0.4 is 5.32 Å². The molecule has 2 heterocycles. The number of nitrogens with zero attached hydrogens (tertiary/aromatic N) is 1. The van der Waals surface area contributed by atoms with E-state index in [-0.39, 0.29) is 11.4 Å². The molecule has 1 aromatic heterocycles. The number of thioether (sulfide) groups is 1. The molecular weight excluding hydrogens is 483 g/mol. The maximum atomic E-state index is 12.7. The van der Waals surface area contributed by atoms with Crippen molar-refractivity contribution in [1.29, 1.82) is 0 Å². The second-order valence-corrected chi connectivity index (χ2v) is 9.03. The van der Waals surface area contributed by atoms with Crippen molar-refractivity contribution in [2.24, 2.45) is 0 Å². The Morgan fingerprint density at radius 3 is 2.58 bits per heavy atom. The molecule has 3 amide bonds. The molecule has 0 saturated carbocycles. The lowest BCUT2D eigenvalue weighted by atomic mass is 10.1. The van der Waals surface area contributed by atoms with Crippen molar-refractivity contribution in [2.45, 2.75) is 13.3 Å². The fraction of sp³-hybridized carbons (Fsp3) is 0.125. The number of imide groups is 1. The van der Waals surface area contributed by atoms with Gasteiger partial charge >= 0.3 is 0 Å². The lowest BCUT2D eigenvalue weighted by molar-refractivity contribution is -0.127. The van der Waals surface area contributed by atoms with Gasteiger partial charge in [-0.25, -0.2) is 0 Å². The minimum absolute atomic E-state index is 0.165. The Morgan fingerprint density at radius 1 is 1.09 bits per heavy atom. The Morgan fingerprint density at radius 2 is 1.85 bits per heavy atom. The SMILES string of the molecule is CCc1ccc(NC(=O)CN2C(=O)S/C(=C/c3ccc(-c4cc(Cl)ccc4Cl)o3)C2=O)cc1. The first kappa shape index (κ1) is 23.2. The van der Waals surface area contributed by atoms with E-state index in [0.29, 0.717) is 32.8 Å². The van der Waals surface area contributed by atoms with Gasteiger partial charge in [-0.3, -0.25) is 19.3 Å². The molecule has 1 aliphatic heterocycles. The number of aryl methyl sites for hydroxylation is 1. The number of halogens is 2. The van der Waals surface area contributed by atoms with Crippen molar-refractivity contribution in [3.8, 4) is 11.3 Å². The fourth-order valence-electron chi connectivity index (χ4n) is 3.19. The zero-order valence-corrected chi connectivity index (χ0v) is 19.8. The molecule has 4 rings (SSSR count). The first-order valence-corrected chi connectivity index (χ1v) is 11.6. The largest absolute Gasteiger partial charge is 0.457 e. The summed E-state index contributed by atoms with van der Waals surface area (Å²) < 4.78 is 5.77. The zero-order valence-electron chi connectivity index (χ0n) is 17.4. The third-order valence-electron chi connectivity index (χ3n) is 4.92. The topological polar surface area (TPSA) is 79.6 Å². The van der Waals surface area contributed by atoms with E-state index in [2.05, 4.69) is 5.32 Å². The van der Waals surface area contributed by atoms with Crippen LogP contribution in [0.1, 0.15) is 18.2 Å². The Kier molecular flexibility index (Phi) is 6.93. The second kappa shape index (κ2) is 9.87. The maximum Gasteiger partial charge on any atom is 0.294 e. The average molecular weight is 501 g/mol. The number of amides is 3. The third kappa shape index (κ3) is 5.33. The van der Waals surface area contributed by atoms with E-state index in [1.165, 1.54) is 6.08 Å². The quantitative estimate of drug-likeness (QED) is 0.391. The number of furan rings is 1. The Bertz CT molecular complexity index is 1270. The van der Waals surface area contributed by atoms with Gasteiger partial charge in [-0.1, -0.05) is 42.3 Å². The summed E-state index contributed by atoms with van der Waals surface area (Å²) in [7, 11) is 0. The van der Waals surface area contributed by atoms with Gasteiger partial charge in [0.25, 0.3) is 11.1 Å². The first-order valence-electron chi connectivity index (χ1n) is 10.0. The number of hydrogen-bond donors (Lipinski definition) is 1. The minimum Gasteiger partial charge on any atom is -0.457 e. The molecule has 0 aliphatic carbocycles. The summed E-state index contributed by atoms with van der Waals surface area (Å²) in [6, 6.07) is 15.8. The molecule has 0 atom stereocenters. The van der Waals surface area contributed by atoms with E-state index in [4.69, 9.17) is 27.6 Å². The second-order valence-electron chi connectivity index (χ2n) is 7.19. The highest BCUT2D eigenvalue weighted by molar-refractivity contribution is 8.18. The van der Waals surface area contributed by atoms with Crippen LogP contribution >= 0.6 is 35.0 Å². The van der Waals surface area contributed by atoms with Crippen LogP contribution in [0.3, 0.4) is 0 Å². The molecule has 168 valence electrons. The van der Waals surface area contributed by atoms with Crippen molar-refractivity contribution < 1.29 is 18.8 Å². The summed E-state index contributed by atoms with van der Waals surface area (Å²) in [4.78, 5) is 38.5. The highest BCUT2D eigenvalue weighted by Gasteiger charge is 2.36. The fourth-order valence-corrected chi connectivity index (χ4v) is 4.40. The lowest BCUT2D eigenvalue weighted by Gasteiger charge is -2.12. The van der Waals surface area contributed by atoms with Crippen LogP contribution in [-0.2, 0) is 16.0 Å². The van der Waals surface area contributed by atoms with Crippen molar-refractivity contribution in [2.75, 3.05) is 11.9 Å². The Balaban J connectivity index is 1.45. The Labute approximate surface area is 204 Å². The number of nitrogens with one attached hydrogen (secondary N) is 1. The number of anilines is 1. The number of carbonyl (C=O) groups is 3. The molecule has 33 heavy (non-hydrogen) atoms. The molecule has 0 spiro atoms. The summed E-state index contributed by atoms with van der Waals surface area (Å²) in [5, 5.41) is 3.16. The number of rotatable bonds is 6. The van der Waals surface area contributed by atoms with Crippen LogP contribution in [-0.4, -0.2) is 28.5 Å². The van der Waals surface area contributed by atoms with Crippen LogP contribution in [0.4, 0.5) is 10.5 Å². The molecule has 9 heteroatoms. The summed E-state index contributed by atoms with van der Waals surface area (Å²) >= 11 is 13.0. The van der Waals surface area contributed by atoms with E-state index in [1.807, 2.05) is 19.1 Å². The lowest BCUT2D eigenvalue weighted by Crippen LogP contribution is -2.36. The highest BCUT2D eigenvalue weighted by Crippen LogP contribution is 2.35. The van der Waals surface area contributed by atoms with Crippen molar-refractivity contribution in [1.82, 2.24) is 4.90 Å². The standard InChI is InChI=1S/C24H18Cl2N2O4S/c1-2-14-3-6-16(7-4-14)27-22(29)13-28-23(30)21(33-24(28)31)12-17-8-10-20(32-17)18-11-15(25)5-9-19(18)26/h3-12H,2,13H2,1H3,(H,27,29)/b21-12+. The smallest absolute Gasteiger partial charge is 0.294 e. The van der Waals surface area contributed by atoms with Gasteiger partial charge in [0.2, 0.25) is 5.91 Å². The van der Waals surface area contributed by atoms with Gasteiger partial charge < -0.3 is 9.73 Å². The predicted molar refractivity (Wildman–Crippen MR) is 131 cm³/mol. The van der Waals surface area contributed by atoms with E-state index >= 15 is 0 Å². The maximum absolute atomic E-state index is 12.7. The summed E-state index contributed by atoms with van der Waals surface area (Å²) in [5.74, 6) is -0.174. The van der Waals surface area contributed by atoms with Crippen LogP contribution in [0.2, 0.25) is 10.0 Å². The van der Waals surface area contributed by atoms with E-state index in [1.54, 1.807) is 42.5 Å². The molecule has 3 aromatic rings.